The van der Waals surface area contributed by atoms with Crippen LogP contribution in [0.25, 0.3) is 5.69 Å². The largest absolute Gasteiger partial charge is 0.341 e. The lowest BCUT2D eigenvalue weighted by Crippen LogP contribution is -2.52. The Kier molecular flexibility index (Phi) is 4.74. The number of hydrogen-bond acceptors (Lipinski definition) is 4. The molecule has 1 fully saturated rings. The van der Waals surface area contributed by atoms with Gasteiger partial charge in [0.05, 0.1) is 5.69 Å². The molecule has 134 valence electrons. The number of tetrazole rings is 1. The van der Waals surface area contributed by atoms with E-state index in [2.05, 4.69) is 65.1 Å². The Morgan fingerprint density at radius 1 is 1.20 bits per heavy atom. The molecule has 0 unspecified atom stereocenters. The molecule has 1 aromatic heterocycles. The molecule has 0 atom stereocenters. The summed E-state index contributed by atoms with van der Waals surface area (Å²) in [5, 5.41) is 18.3. The van der Waals surface area contributed by atoms with Gasteiger partial charge in [-0.25, -0.2) is 4.79 Å². The van der Waals surface area contributed by atoms with Crippen molar-refractivity contribution in [2.45, 2.75) is 52.0 Å². The zero-order valence-corrected chi connectivity index (χ0v) is 15.3. The van der Waals surface area contributed by atoms with Gasteiger partial charge in [-0.05, 0) is 79.1 Å². The van der Waals surface area contributed by atoms with Gasteiger partial charge in [-0.3, -0.25) is 0 Å². The van der Waals surface area contributed by atoms with Crippen molar-refractivity contribution in [3.63, 3.8) is 0 Å². The summed E-state index contributed by atoms with van der Waals surface area (Å²) in [5.41, 5.74) is 2.69. The van der Waals surface area contributed by atoms with Crippen molar-refractivity contribution in [2.24, 2.45) is 5.92 Å². The first kappa shape index (κ1) is 17.4. The van der Waals surface area contributed by atoms with Gasteiger partial charge in [0.2, 0.25) is 0 Å². The Hall–Kier alpha value is -2.44. The van der Waals surface area contributed by atoms with Crippen LogP contribution in [0, 0.1) is 19.8 Å². The van der Waals surface area contributed by atoms with Crippen LogP contribution in [0.5, 0.6) is 0 Å². The minimum atomic E-state index is -0.548. The Labute approximate surface area is 148 Å². The van der Waals surface area contributed by atoms with Gasteiger partial charge in [0, 0.05) is 7.05 Å². The fourth-order valence-corrected chi connectivity index (χ4v) is 3.67. The third-order valence-corrected chi connectivity index (χ3v) is 5.06. The number of nitrogens with zero attached hydrogens (tertiary/aromatic N) is 4. The Morgan fingerprint density at radius 2 is 1.84 bits per heavy atom. The van der Waals surface area contributed by atoms with Crippen molar-refractivity contribution < 1.29 is 4.79 Å². The van der Waals surface area contributed by atoms with E-state index in [1.807, 2.05) is 0 Å². The van der Waals surface area contributed by atoms with Crippen molar-refractivity contribution in [3.05, 3.63) is 35.2 Å². The maximum Gasteiger partial charge on any atom is 0.315 e. The molecule has 0 radical (unpaired) electrons. The van der Waals surface area contributed by atoms with Crippen LogP contribution in [-0.4, -0.2) is 33.3 Å². The van der Waals surface area contributed by atoms with E-state index in [0.29, 0.717) is 11.7 Å². The van der Waals surface area contributed by atoms with Crippen LogP contribution in [0.4, 0.5) is 4.79 Å². The molecule has 0 spiro atoms. The van der Waals surface area contributed by atoms with Gasteiger partial charge in [0.25, 0.3) is 0 Å². The molecule has 2 amide bonds. The van der Waals surface area contributed by atoms with E-state index < -0.39 is 5.54 Å². The number of carbonyl (C=O) groups is 1. The average Bonchev–Trinajstić information content (AvgIpc) is 3.06. The van der Waals surface area contributed by atoms with Crippen molar-refractivity contribution in [3.8, 4) is 5.69 Å². The molecule has 25 heavy (non-hydrogen) atoms. The SMILES string of the molecule is CNC(=O)NC1(c2nnnn2-c2cc(C)cc(C)c2)CCC(C)CC1. The molecule has 0 aliphatic heterocycles. The summed E-state index contributed by atoms with van der Waals surface area (Å²) in [4.78, 5) is 12.1. The summed E-state index contributed by atoms with van der Waals surface area (Å²) in [5.74, 6) is 1.35. The van der Waals surface area contributed by atoms with Crippen molar-refractivity contribution in [2.75, 3.05) is 7.05 Å². The van der Waals surface area contributed by atoms with Crippen LogP contribution >= 0.6 is 0 Å². The van der Waals surface area contributed by atoms with Crippen molar-refractivity contribution in [1.29, 1.82) is 0 Å². The number of rotatable bonds is 3. The standard InChI is InChI=1S/C18H26N6O/c1-12-5-7-18(8-6-12,20-17(25)19-4)16-21-22-23-24(16)15-10-13(2)9-14(3)11-15/h9-12H,5-8H2,1-4H3,(H2,19,20,25). The van der Waals surface area contributed by atoms with E-state index in [0.717, 1.165) is 42.5 Å². The van der Waals surface area contributed by atoms with E-state index in [9.17, 15) is 4.79 Å². The summed E-state index contributed by atoms with van der Waals surface area (Å²) in [6.45, 7) is 6.36. The van der Waals surface area contributed by atoms with Gasteiger partial charge in [-0.1, -0.05) is 13.0 Å². The highest BCUT2D eigenvalue weighted by molar-refractivity contribution is 5.74. The lowest BCUT2D eigenvalue weighted by atomic mass is 9.76. The highest BCUT2D eigenvalue weighted by atomic mass is 16.2. The van der Waals surface area contributed by atoms with Crippen LogP contribution in [0.3, 0.4) is 0 Å². The lowest BCUT2D eigenvalue weighted by molar-refractivity contribution is 0.177. The van der Waals surface area contributed by atoms with E-state index in [1.165, 1.54) is 0 Å². The Balaban J connectivity index is 2.05. The lowest BCUT2D eigenvalue weighted by Gasteiger charge is -2.38. The number of hydrogen-bond donors (Lipinski definition) is 2. The highest BCUT2D eigenvalue weighted by Gasteiger charge is 2.42. The van der Waals surface area contributed by atoms with Gasteiger partial charge < -0.3 is 10.6 Å². The fourth-order valence-electron chi connectivity index (χ4n) is 3.67. The molecule has 0 bridgehead atoms. The van der Waals surface area contributed by atoms with Crippen LogP contribution in [0.1, 0.15) is 49.6 Å². The molecule has 1 aliphatic carbocycles. The molecule has 1 aliphatic rings. The molecule has 1 heterocycles. The first-order chi connectivity index (χ1) is 11.9. The molecule has 7 heteroatoms. The van der Waals surface area contributed by atoms with Gasteiger partial charge in [-0.2, -0.15) is 4.68 Å². The first-order valence-electron chi connectivity index (χ1n) is 8.81. The zero-order valence-electron chi connectivity index (χ0n) is 15.3. The van der Waals surface area contributed by atoms with Gasteiger partial charge in [-0.15, -0.1) is 5.10 Å². The minimum absolute atomic E-state index is 0.204. The smallest absolute Gasteiger partial charge is 0.315 e. The third-order valence-electron chi connectivity index (χ3n) is 5.06. The zero-order chi connectivity index (χ0) is 18.0. The summed E-state index contributed by atoms with van der Waals surface area (Å²) < 4.78 is 1.77. The van der Waals surface area contributed by atoms with E-state index in [1.54, 1.807) is 11.7 Å². The minimum Gasteiger partial charge on any atom is -0.341 e. The monoisotopic (exact) mass is 342 g/mol. The van der Waals surface area contributed by atoms with Crippen LogP contribution in [0.2, 0.25) is 0 Å². The number of amides is 2. The summed E-state index contributed by atoms with van der Waals surface area (Å²) in [7, 11) is 1.63. The fraction of sp³-hybridized carbons (Fsp3) is 0.556. The summed E-state index contributed by atoms with van der Waals surface area (Å²) >= 11 is 0. The number of carbonyl (C=O) groups excluding carboxylic acids is 1. The number of nitrogens with one attached hydrogen (secondary N) is 2. The van der Waals surface area contributed by atoms with Crippen LogP contribution < -0.4 is 10.6 Å². The maximum absolute atomic E-state index is 12.1. The van der Waals surface area contributed by atoms with Crippen LogP contribution in [0.15, 0.2) is 18.2 Å². The van der Waals surface area contributed by atoms with Gasteiger partial charge >= 0.3 is 6.03 Å². The molecule has 0 saturated heterocycles. The number of aromatic nitrogens is 4. The third kappa shape index (κ3) is 3.50. The molecule has 1 saturated carbocycles. The Bertz CT molecular complexity index is 740. The predicted octanol–water partition coefficient (Wildman–Crippen LogP) is 2.61. The number of benzene rings is 1. The van der Waals surface area contributed by atoms with Gasteiger partial charge in [0.1, 0.15) is 5.54 Å². The highest BCUT2D eigenvalue weighted by Crippen LogP contribution is 2.39. The number of aryl methyl sites for hydroxylation is 2. The second-order valence-corrected chi connectivity index (χ2v) is 7.23. The molecular formula is C18H26N6O. The van der Waals surface area contributed by atoms with Crippen molar-refractivity contribution in [1.82, 2.24) is 30.8 Å². The predicted molar refractivity (Wildman–Crippen MR) is 95.5 cm³/mol. The second-order valence-electron chi connectivity index (χ2n) is 7.23. The normalized spacial score (nSPS) is 23.3. The van der Waals surface area contributed by atoms with E-state index >= 15 is 0 Å². The quantitative estimate of drug-likeness (QED) is 0.898. The first-order valence-corrected chi connectivity index (χ1v) is 8.81. The summed E-state index contributed by atoms with van der Waals surface area (Å²) in [6, 6.07) is 6.04. The second kappa shape index (κ2) is 6.82. The molecule has 1 aromatic carbocycles. The molecule has 2 N–H and O–H groups in total. The van der Waals surface area contributed by atoms with Crippen LogP contribution in [-0.2, 0) is 5.54 Å². The van der Waals surface area contributed by atoms with Crippen molar-refractivity contribution >= 4 is 6.03 Å². The molecular weight excluding hydrogens is 316 g/mol. The molecule has 3 rings (SSSR count). The Morgan fingerprint density at radius 3 is 2.44 bits per heavy atom. The molecule has 7 nitrogen and oxygen atoms in total. The molecule has 2 aromatic rings. The summed E-state index contributed by atoms with van der Waals surface area (Å²) in [6.07, 6.45) is 3.72. The maximum atomic E-state index is 12.1. The van der Waals surface area contributed by atoms with Gasteiger partial charge in [0.15, 0.2) is 5.82 Å². The van der Waals surface area contributed by atoms with E-state index in [4.69, 9.17) is 0 Å². The van der Waals surface area contributed by atoms with E-state index in [-0.39, 0.29) is 6.03 Å². The number of urea groups is 1. The average molecular weight is 342 g/mol. The topological polar surface area (TPSA) is 84.7 Å².